The normalized spacial score (nSPS) is 12.4. The zero-order chi connectivity index (χ0) is 22.1. The minimum absolute atomic E-state index is 0.0590. The number of aliphatic carboxylic acids is 1. The molecule has 0 atom stereocenters. The quantitative estimate of drug-likeness (QED) is 0.118. The van der Waals surface area contributed by atoms with Crippen molar-refractivity contribution in [2.24, 2.45) is 5.10 Å². The Balaban J connectivity index is 4.71. The summed E-state index contributed by atoms with van der Waals surface area (Å²) in [5.74, 6) is -0.163. The second kappa shape index (κ2) is 16.8. The SMILES string of the molecule is CC(C)=CCCC(C)=CCCC(=CCSC/C(=N/NC=O)C(=O)O)CC=C(C)C. The van der Waals surface area contributed by atoms with Gasteiger partial charge in [0, 0.05) is 11.5 Å². The molecule has 0 aliphatic rings. The molecule has 5 nitrogen and oxygen atoms in total. The van der Waals surface area contributed by atoms with Gasteiger partial charge in [-0.15, -0.1) is 0 Å². The van der Waals surface area contributed by atoms with Crippen LogP contribution in [-0.2, 0) is 9.59 Å². The maximum absolute atomic E-state index is 11.1. The van der Waals surface area contributed by atoms with E-state index in [0.717, 1.165) is 32.1 Å². The first kappa shape index (κ1) is 26.9. The van der Waals surface area contributed by atoms with Crippen LogP contribution >= 0.6 is 11.8 Å². The average molecular weight is 421 g/mol. The summed E-state index contributed by atoms with van der Waals surface area (Å²) in [5.41, 5.74) is 7.42. The van der Waals surface area contributed by atoms with Gasteiger partial charge in [0.25, 0.3) is 0 Å². The molecule has 0 saturated heterocycles. The number of nitrogens with one attached hydrogen (secondary N) is 1. The molecule has 0 spiro atoms. The number of amides is 1. The molecule has 29 heavy (non-hydrogen) atoms. The lowest BCUT2D eigenvalue weighted by atomic mass is 10.0. The first-order valence-corrected chi connectivity index (χ1v) is 11.1. The van der Waals surface area contributed by atoms with Crippen LogP contribution in [-0.4, -0.2) is 34.7 Å². The minimum atomic E-state index is -1.12. The van der Waals surface area contributed by atoms with E-state index < -0.39 is 5.97 Å². The molecule has 0 fully saturated rings. The third-order valence-corrected chi connectivity index (χ3v) is 4.93. The lowest BCUT2D eigenvalue weighted by molar-refractivity contribution is -0.129. The molecule has 0 saturated carbocycles. The highest BCUT2D eigenvalue weighted by atomic mass is 32.2. The summed E-state index contributed by atoms with van der Waals surface area (Å²) < 4.78 is 0. The van der Waals surface area contributed by atoms with Crippen LogP contribution in [0.25, 0.3) is 0 Å². The number of rotatable bonds is 15. The van der Waals surface area contributed by atoms with Gasteiger partial charge in [0.1, 0.15) is 0 Å². The molecule has 0 rings (SSSR count). The van der Waals surface area contributed by atoms with Crippen molar-refractivity contribution >= 4 is 29.9 Å². The number of hydrogen-bond donors (Lipinski definition) is 2. The van der Waals surface area contributed by atoms with E-state index in [1.807, 2.05) is 0 Å². The van der Waals surface area contributed by atoms with Gasteiger partial charge in [-0.25, -0.2) is 10.2 Å². The first-order valence-electron chi connectivity index (χ1n) is 9.93. The number of hydrogen-bond acceptors (Lipinski definition) is 4. The van der Waals surface area contributed by atoms with E-state index in [2.05, 4.69) is 69.4 Å². The van der Waals surface area contributed by atoms with Gasteiger partial charge >= 0.3 is 5.97 Å². The highest BCUT2D eigenvalue weighted by Gasteiger charge is 2.09. The number of hydrazone groups is 1. The van der Waals surface area contributed by atoms with Crippen molar-refractivity contribution < 1.29 is 14.7 Å². The Hall–Kier alpha value is -2.08. The van der Waals surface area contributed by atoms with E-state index in [1.165, 1.54) is 34.1 Å². The predicted molar refractivity (Wildman–Crippen MR) is 125 cm³/mol. The topological polar surface area (TPSA) is 78.8 Å². The number of thioether (sulfide) groups is 1. The molecule has 162 valence electrons. The van der Waals surface area contributed by atoms with E-state index >= 15 is 0 Å². The fourth-order valence-electron chi connectivity index (χ4n) is 2.40. The van der Waals surface area contributed by atoms with Crippen molar-refractivity contribution in [1.29, 1.82) is 0 Å². The first-order chi connectivity index (χ1) is 13.8. The molecular formula is C23H36N2O3S. The number of nitrogens with zero attached hydrogens (tertiary/aromatic N) is 1. The van der Waals surface area contributed by atoms with Crippen LogP contribution in [0.5, 0.6) is 0 Å². The third-order valence-electron chi connectivity index (χ3n) is 4.05. The molecule has 6 heteroatoms. The molecule has 0 aromatic rings. The van der Waals surface area contributed by atoms with Gasteiger partial charge in [-0.2, -0.15) is 16.9 Å². The molecule has 0 aromatic heterocycles. The van der Waals surface area contributed by atoms with Gasteiger partial charge in [-0.1, -0.05) is 46.6 Å². The molecule has 1 amide bonds. The van der Waals surface area contributed by atoms with E-state index in [1.54, 1.807) is 0 Å². The summed E-state index contributed by atoms with van der Waals surface area (Å²) in [4.78, 5) is 21.4. The number of allylic oxidation sites excluding steroid dienone is 7. The number of carboxylic acid groups (broad SMARTS) is 1. The van der Waals surface area contributed by atoms with Crippen LogP contribution in [0.1, 0.15) is 66.7 Å². The van der Waals surface area contributed by atoms with Crippen molar-refractivity contribution in [3.63, 3.8) is 0 Å². The molecule has 0 bridgehead atoms. The van der Waals surface area contributed by atoms with Crippen molar-refractivity contribution in [1.82, 2.24) is 5.43 Å². The Bertz CT molecular complexity index is 666. The summed E-state index contributed by atoms with van der Waals surface area (Å²) in [5, 5.41) is 12.6. The molecule has 0 aromatic carbocycles. The van der Waals surface area contributed by atoms with Crippen molar-refractivity contribution in [2.75, 3.05) is 11.5 Å². The van der Waals surface area contributed by atoms with Crippen LogP contribution in [0.15, 0.2) is 51.7 Å². The lowest BCUT2D eigenvalue weighted by Gasteiger charge is -2.06. The summed E-state index contributed by atoms with van der Waals surface area (Å²) in [6.45, 7) is 10.6. The summed E-state index contributed by atoms with van der Waals surface area (Å²) in [7, 11) is 0. The summed E-state index contributed by atoms with van der Waals surface area (Å²) >= 11 is 1.47. The number of carbonyl (C=O) groups excluding carboxylic acids is 1. The predicted octanol–water partition coefficient (Wildman–Crippen LogP) is 5.66. The lowest BCUT2D eigenvalue weighted by Crippen LogP contribution is -2.20. The molecule has 2 N–H and O–H groups in total. The third kappa shape index (κ3) is 16.6. The Labute approximate surface area is 180 Å². The van der Waals surface area contributed by atoms with Crippen molar-refractivity contribution in [3.05, 3.63) is 46.6 Å². The van der Waals surface area contributed by atoms with Crippen LogP contribution in [0, 0.1) is 0 Å². The molecule has 0 aliphatic carbocycles. The van der Waals surface area contributed by atoms with Crippen LogP contribution in [0.2, 0.25) is 0 Å². The molecule has 0 heterocycles. The number of carbonyl (C=O) groups is 2. The monoisotopic (exact) mass is 420 g/mol. The maximum Gasteiger partial charge on any atom is 0.352 e. The van der Waals surface area contributed by atoms with Gasteiger partial charge in [0.05, 0.1) is 0 Å². The highest BCUT2D eigenvalue weighted by molar-refractivity contribution is 8.00. The summed E-state index contributed by atoms with van der Waals surface area (Å²) in [6.07, 6.45) is 14.5. The zero-order valence-corrected chi connectivity index (χ0v) is 19.3. The van der Waals surface area contributed by atoms with Gasteiger partial charge in [0.2, 0.25) is 6.41 Å². The Kier molecular flexibility index (Phi) is 15.6. The van der Waals surface area contributed by atoms with E-state index in [4.69, 9.17) is 5.11 Å². The molecule has 0 aliphatic heterocycles. The number of carboxylic acids is 1. The standard InChI is InChI=1S/C23H36N2O3S/c1-18(2)8-6-9-20(5)10-7-11-21(13-12-19(3)4)14-15-29-16-22(23(27)28)25-24-17-26/h8,10,12,14,17H,6-7,9,11,13,15-16H2,1-5H3,(H,24,26)(H,27,28)/b20-10?,21-14?,25-22-. The van der Waals surface area contributed by atoms with E-state index in [0.29, 0.717) is 12.2 Å². The smallest absolute Gasteiger partial charge is 0.352 e. The van der Waals surface area contributed by atoms with Gasteiger partial charge in [-0.3, -0.25) is 4.79 Å². The molecule has 0 unspecified atom stereocenters. The molecular weight excluding hydrogens is 384 g/mol. The second-order valence-electron chi connectivity index (χ2n) is 7.38. The van der Waals surface area contributed by atoms with Crippen LogP contribution < -0.4 is 5.43 Å². The Morgan fingerprint density at radius 2 is 1.62 bits per heavy atom. The Morgan fingerprint density at radius 3 is 2.21 bits per heavy atom. The maximum atomic E-state index is 11.1. The van der Waals surface area contributed by atoms with Gasteiger partial charge in [-0.05, 0) is 66.7 Å². The Morgan fingerprint density at radius 1 is 0.966 bits per heavy atom. The van der Waals surface area contributed by atoms with Crippen molar-refractivity contribution in [3.8, 4) is 0 Å². The summed E-state index contributed by atoms with van der Waals surface area (Å²) in [6, 6.07) is 0. The van der Waals surface area contributed by atoms with E-state index in [-0.39, 0.29) is 11.5 Å². The van der Waals surface area contributed by atoms with E-state index in [9.17, 15) is 9.59 Å². The van der Waals surface area contributed by atoms with Gasteiger partial charge < -0.3 is 5.11 Å². The fourth-order valence-corrected chi connectivity index (χ4v) is 3.25. The minimum Gasteiger partial charge on any atom is -0.477 e. The van der Waals surface area contributed by atoms with Crippen LogP contribution in [0.4, 0.5) is 0 Å². The average Bonchev–Trinajstić information content (AvgIpc) is 2.64. The fraction of sp³-hybridized carbons (Fsp3) is 0.522. The second-order valence-corrected chi connectivity index (χ2v) is 8.41. The van der Waals surface area contributed by atoms with Gasteiger partial charge in [0.15, 0.2) is 5.71 Å². The highest BCUT2D eigenvalue weighted by Crippen LogP contribution is 2.17. The van der Waals surface area contributed by atoms with Crippen LogP contribution in [0.3, 0.4) is 0 Å². The van der Waals surface area contributed by atoms with Crippen molar-refractivity contribution in [2.45, 2.75) is 66.7 Å². The molecule has 0 radical (unpaired) electrons. The zero-order valence-electron chi connectivity index (χ0n) is 18.5. The largest absolute Gasteiger partial charge is 0.477 e.